The molecule has 1 amide bonds. The number of carbonyl (C=O) groups excluding carboxylic acids is 1. The first-order valence-electron chi connectivity index (χ1n) is 7.77. The molecule has 1 aliphatic heterocycles. The van der Waals surface area contributed by atoms with Crippen LogP contribution in [0, 0.1) is 11.3 Å². The lowest BCUT2D eigenvalue weighted by Crippen LogP contribution is -2.25. The van der Waals surface area contributed by atoms with Crippen molar-refractivity contribution < 1.29 is 22.7 Å². The van der Waals surface area contributed by atoms with Crippen LogP contribution in [-0.4, -0.2) is 24.4 Å². The largest absolute Gasteiger partial charge is 0.479 e. The fourth-order valence-corrected chi connectivity index (χ4v) is 2.44. The van der Waals surface area contributed by atoms with Gasteiger partial charge in [0.2, 0.25) is 0 Å². The zero-order valence-corrected chi connectivity index (χ0v) is 13.8. The molecule has 0 N–H and O–H groups in total. The molecule has 0 atom stereocenters. The Morgan fingerprint density at radius 2 is 1.78 bits per heavy atom. The first-order chi connectivity index (χ1) is 12.9. The van der Waals surface area contributed by atoms with Crippen molar-refractivity contribution in [1.82, 2.24) is 0 Å². The van der Waals surface area contributed by atoms with E-state index in [1.165, 1.54) is 36.4 Å². The summed E-state index contributed by atoms with van der Waals surface area (Å²) >= 11 is 0. The van der Waals surface area contributed by atoms with E-state index >= 15 is 0 Å². The molecule has 0 fully saturated rings. The predicted octanol–water partition coefficient (Wildman–Crippen LogP) is 3.94. The van der Waals surface area contributed by atoms with Crippen LogP contribution in [0.3, 0.4) is 0 Å². The van der Waals surface area contributed by atoms with Gasteiger partial charge in [-0.15, -0.1) is 0 Å². The fourth-order valence-electron chi connectivity index (χ4n) is 2.44. The number of nitriles is 1. The van der Waals surface area contributed by atoms with E-state index in [9.17, 15) is 18.0 Å². The van der Waals surface area contributed by atoms with Crippen molar-refractivity contribution in [3.8, 4) is 11.8 Å². The molecule has 0 radical (unpaired) electrons. The van der Waals surface area contributed by atoms with E-state index in [4.69, 9.17) is 10.00 Å². The molecule has 0 saturated heterocycles. The van der Waals surface area contributed by atoms with Gasteiger partial charge in [0.25, 0.3) is 5.91 Å². The number of anilines is 1. The van der Waals surface area contributed by atoms with Gasteiger partial charge in [-0.25, -0.2) is 0 Å². The van der Waals surface area contributed by atoms with Crippen LogP contribution in [0.2, 0.25) is 0 Å². The van der Waals surface area contributed by atoms with Gasteiger partial charge in [0.05, 0.1) is 11.3 Å². The van der Waals surface area contributed by atoms with Gasteiger partial charge >= 0.3 is 6.18 Å². The first kappa shape index (κ1) is 18.2. The molecule has 3 rings (SSSR count). The maximum Gasteiger partial charge on any atom is 0.435 e. The number of alkyl halides is 3. The minimum atomic E-state index is -4.78. The second kappa shape index (κ2) is 7.33. The summed E-state index contributed by atoms with van der Waals surface area (Å²) in [6.07, 6.45) is -3.65. The summed E-state index contributed by atoms with van der Waals surface area (Å²) in [7, 11) is 0. The minimum Gasteiger partial charge on any atom is -0.479 e. The van der Waals surface area contributed by atoms with Gasteiger partial charge in [0.15, 0.2) is 12.3 Å². The smallest absolute Gasteiger partial charge is 0.435 e. The molecular formula is C19H12F3N3O2. The molecule has 0 aliphatic carbocycles. The number of nitrogens with zero attached hydrogens (tertiary/aromatic N) is 3. The van der Waals surface area contributed by atoms with Crippen molar-refractivity contribution in [1.29, 1.82) is 5.26 Å². The van der Waals surface area contributed by atoms with E-state index in [1.54, 1.807) is 18.2 Å². The van der Waals surface area contributed by atoms with Gasteiger partial charge < -0.3 is 4.74 Å². The van der Waals surface area contributed by atoms with Crippen molar-refractivity contribution in [2.45, 2.75) is 6.18 Å². The molecule has 0 spiro atoms. The van der Waals surface area contributed by atoms with Crippen molar-refractivity contribution in [3.05, 3.63) is 65.7 Å². The molecular weight excluding hydrogens is 359 g/mol. The molecule has 27 heavy (non-hydrogen) atoms. The summed E-state index contributed by atoms with van der Waals surface area (Å²) in [6.45, 7) is -0.143. The fraction of sp³-hybridized carbons (Fsp3) is 0.105. The zero-order chi connectivity index (χ0) is 19.4. The number of amides is 1. The predicted molar refractivity (Wildman–Crippen MR) is 92.9 cm³/mol. The summed E-state index contributed by atoms with van der Waals surface area (Å²) in [6, 6.07) is 15.7. The Hall–Kier alpha value is -3.60. The highest BCUT2D eigenvalue weighted by Crippen LogP contribution is 2.32. The number of hydrogen-bond donors (Lipinski definition) is 0. The molecule has 0 unspecified atom stereocenters. The molecule has 2 aromatic rings. The second-order valence-corrected chi connectivity index (χ2v) is 5.47. The Labute approximate surface area is 152 Å². The number of ether oxygens (including phenoxy) is 1. The number of carbonyl (C=O) groups is 1. The van der Waals surface area contributed by atoms with Gasteiger partial charge in [0, 0.05) is 0 Å². The monoisotopic (exact) mass is 371 g/mol. The molecule has 0 aromatic heterocycles. The highest BCUT2D eigenvalue weighted by atomic mass is 19.4. The molecule has 2 aromatic carbocycles. The first-order valence-corrected chi connectivity index (χ1v) is 7.77. The Balaban J connectivity index is 1.95. The SMILES string of the molecule is N#CCOc1ccc(/C=C2\C(=O)N(c3ccccc3)N=C2C(F)(F)F)cc1. The zero-order valence-electron chi connectivity index (χ0n) is 13.8. The number of para-hydroxylation sites is 1. The quantitative estimate of drug-likeness (QED) is 0.765. The topological polar surface area (TPSA) is 65.7 Å². The van der Waals surface area contributed by atoms with Crippen LogP contribution in [0.4, 0.5) is 18.9 Å². The number of benzene rings is 2. The molecule has 8 heteroatoms. The standard InChI is InChI=1S/C19H12F3N3O2/c20-19(21,22)17-16(12-13-6-8-15(9-7-13)27-11-10-23)18(26)25(24-17)14-4-2-1-3-5-14/h1-9,12H,11H2/b16-12-. The average molecular weight is 371 g/mol. The Morgan fingerprint density at radius 3 is 2.37 bits per heavy atom. The molecule has 0 bridgehead atoms. The van der Waals surface area contributed by atoms with Crippen LogP contribution in [-0.2, 0) is 4.79 Å². The van der Waals surface area contributed by atoms with Crippen LogP contribution in [0.15, 0.2) is 65.3 Å². The highest BCUT2D eigenvalue weighted by molar-refractivity contribution is 6.34. The highest BCUT2D eigenvalue weighted by Gasteiger charge is 2.46. The third kappa shape index (κ3) is 3.98. The normalized spacial score (nSPS) is 15.6. The van der Waals surface area contributed by atoms with Gasteiger partial charge in [-0.3, -0.25) is 4.79 Å². The summed E-state index contributed by atoms with van der Waals surface area (Å²) in [5, 5.41) is 12.7. The number of halogens is 3. The van der Waals surface area contributed by atoms with E-state index in [-0.39, 0.29) is 12.3 Å². The Kier molecular flexibility index (Phi) is 4.94. The van der Waals surface area contributed by atoms with Gasteiger partial charge in [-0.1, -0.05) is 30.3 Å². The van der Waals surface area contributed by atoms with Crippen LogP contribution < -0.4 is 9.75 Å². The number of rotatable bonds is 4. The summed E-state index contributed by atoms with van der Waals surface area (Å²) in [4.78, 5) is 12.6. The van der Waals surface area contributed by atoms with Crippen LogP contribution in [0.5, 0.6) is 5.75 Å². The third-order valence-electron chi connectivity index (χ3n) is 3.64. The second-order valence-electron chi connectivity index (χ2n) is 5.47. The lowest BCUT2D eigenvalue weighted by atomic mass is 10.1. The third-order valence-corrected chi connectivity index (χ3v) is 3.64. The number of hydrazone groups is 1. The van der Waals surface area contributed by atoms with E-state index in [0.717, 1.165) is 11.1 Å². The van der Waals surface area contributed by atoms with Crippen molar-refractivity contribution in [2.75, 3.05) is 11.6 Å². The summed E-state index contributed by atoms with van der Waals surface area (Å²) in [5.41, 5.74) is -1.18. The van der Waals surface area contributed by atoms with Crippen LogP contribution >= 0.6 is 0 Å². The molecule has 136 valence electrons. The molecule has 1 heterocycles. The Bertz CT molecular complexity index is 943. The van der Waals surface area contributed by atoms with E-state index in [0.29, 0.717) is 11.3 Å². The summed E-state index contributed by atoms with van der Waals surface area (Å²) in [5.74, 6) is -0.467. The Morgan fingerprint density at radius 1 is 1.11 bits per heavy atom. The molecule has 1 aliphatic rings. The van der Waals surface area contributed by atoms with Gasteiger partial charge in [0.1, 0.15) is 11.8 Å². The summed E-state index contributed by atoms with van der Waals surface area (Å²) < 4.78 is 45.2. The van der Waals surface area contributed by atoms with E-state index < -0.39 is 23.4 Å². The van der Waals surface area contributed by atoms with E-state index in [2.05, 4.69) is 5.10 Å². The minimum absolute atomic E-state index is 0.143. The number of hydrogen-bond acceptors (Lipinski definition) is 4. The van der Waals surface area contributed by atoms with Gasteiger partial charge in [-0.05, 0) is 35.9 Å². The maximum atomic E-state index is 13.4. The van der Waals surface area contributed by atoms with Crippen LogP contribution in [0.25, 0.3) is 6.08 Å². The lowest BCUT2D eigenvalue weighted by Gasteiger charge is -2.10. The van der Waals surface area contributed by atoms with Crippen molar-refractivity contribution in [2.24, 2.45) is 5.10 Å². The lowest BCUT2D eigenvalue weighted by molar-refractivity contribution is -0.114. The van der Waals surface area contributed by atoms with E-state index in [1.807, 2.05) is 6.07 Å². The molecule has 0 saturated carbocycles. The van der Waals surface area contributed by atoms with Crippen molar-refractivity contribution in [3.63, 3.8) is 0 Å². The average Bonchev–Trinajstić information content (AvgIpc) is 2.99. The van der Waals surface area contributed by atoms with Gasteiger partial charge in [-0.2, -0.15) is 28.5 Å². The van der Waals surface area contributed by atoms with Crippen molar-refractivity contribution >= 4 is 23.4 Å². The van der Waals surface area contributed by atoms with Crippen LogP contribution in [0.1, 0.15) is 5.56 Å². The maximum absolute atomic E-state index is 13.4. The molecule has 5 nitrogen and oxygen atoms in total.